The van der Waals surface area contributed by atoms with E-state index in [1.165, 1.54) is 44.0 Å². The van der Waals surface area contributed by atoms with Crippen molar-refractivity contribution in [3.05, 3.63) is 5.56 Å². The second-order valence-corrected chi connectivity index (χ2v) is 5.55. The minimum Gasteiger partial charge on any atom is -0.383 e. The average Bonchev–Trinajstić information content (AvgIpc) is 2.68. The normalized spacial score (nSPS) is 18.5. The van der Waals surface area contributed by atoms with Crippen LogP contribution in [0.25, 0.3) is 0 Å². The number of piperidine rings is 1. The van der Waals surface area contributed by atoms with Gasteiger partial charge < -0.3 is 16.0 Å². The lowest BCUT2D eigenvalue weighted by molar-refractivity contribution is 0.198. The summed E-state index contributed by atoms with van der Waals surface area (Å²) in [7, 11) is 0. The SMILES string of the molecule is CCN1CCC(CNc2snc(N)c2C)CC1. The summed E-state index contributed by atoms with van der Waals surface area (Å²) in [6.07, 6.45) is 2.60. The number of aromatic nitrogens is 1. The molecule has 3 N–H and O–H groups in total. The van der Waals surface area contributed by atoms with Crippen LogP contribution in [0.4, 0.5) is 10.8 Å². The first kappa shape index (κ1) is 12.6. The van der Waals surface area contributed by atoms with Crippen molar-refractivity contribution in [1.82, 2.24) is 9.27 Å². The van der Waals surface area contributed by atoms with Crippen LogP contribution in [0.1, 0.15) is 25.3 Å². The number of hydrogen-bond acceptors (Lipinski definition) is 5. The molecule has 1 saturated heterocycles. The Labute approximate surface area is 107 Å². The molecule has 0 atom stereocenters. The Kier molecular flexibility index (Phi) is 4.23. The smallest absolute Gasteiger partial charge is 0.142 e. The second kappa shape index (κ2) is 5.69. The molecule has 0 amide bonds. The molecule has 1 aromatic rings. The maximum absolute atomic E-state index is 5.74. The summed E-state index contributed by atoms with van der Waals surface area (Å²) in [5, 5.41) is 4.63. The van der Waals surface area contributed by atoms with Gasteiger partial charge in [0.15, 0.2) is 0 Å². The molecule has 5 heteroatoms. The van der Waals surface area contributed by atoms with E-state index < -0.39 is 0 Å². The van der Waals surface area contributed by atoms with Gasteiger partial charge in [-0.3, -0.25) is 0 Å². The van der Waals surface area contributed by atoms with Gasteiger partial charge in [0.1, 0.15) is 10.8 Å². The van der Waals surface area contributed by atoms with Crippen molar-refractivity contribution in [3.8, 4) is 0 Å². The number of nitrogens with one attached hydrogen (secondary N) is 1. The fourth-order valence-electron chi connectivity index (χ4n) is 2.26. The second-order valence-electron chi connectivity index (χ2n) is 4.78. The van der Waals surface area contributed by atoms with Crippen molar-refractivity contribution in [1.29, 1.82) is 0 Å². The van der Waals surface area contributed by atoms with Crippen LogP contribution in [0, 0.1) is 12.8 Å². The molecule has 96 valence electrons. The highest BCUT2D eigenvalue weighted by Crippen LogP contribution is 2.26. The van der Waals surface area contributed by atoms with Crippen molar-refractivity contribution in [3.63, 3.8) is 0 Å². The van der Waals surface area contributed by atoms with Crippen molar-refractivity contribution in [2.45, 2.75) is 26.7 Å². The van der Waals surface area contributed by atoms with Crippen LogP contribution < -0.4 is 11.1 Å². The number of anilines is 2. The predicted molar refractivity (Wildman–Crippen MR) is 74.6 cm³/mol. The zero-order chi connectivity index (χ0) is 12.3. The lowest BCUT2D eigenvalue weighted by atomic mass is 9.97. The third-order valence-electron chi connectivity index (χ3n) is 3.67. The van der Waals surface area contributed by atoms with E-state index in [1.807, 2.05) is 6.92 Å². The van der Waals surface area contributed by atoms with E-state index in [0.29, 0.717) is 5.82 Å². The van der Waals surface area contributed by atoms with Gasteiger partial charge in [0, 0.05) is 12.1 Å². The van der Waals surface area contributed by atoms with Crippen molar-refractivity contribution in [2.24, 2.45) is 5.92 Å². The van der Waals surface area contributed by atoms with Crippen LogP contribution in [0.2, 0.25) is 0 Å². The van der Waals surface area contributed by atoms with Gasteiger partial charge in [-0.2, -0.15) is 4.37 Å². The zero-order valence-electron chi connectivity index (χ0n) is 10.7. The highest BCUT2D eigenvalue weighted by Gasteiger charge is 2.18. The van der Waals surface area contributed by atoms with E-state index in [9.17, 15) is 0 Å². The van der Waals surface area contributed by atoms with E-state index in [-0.39, 0.29) is 0 Å². The highest BCUT2D eigenvalue weighted by atomic mass is 32.1. The number of hydrogen-bond donors (Lipinski definition) is 2. The Bertz CT molecular complexity index is 355. The molecule has 0 unspecified atom stereocenters. The molecule has 0 saturated carbocycles. The molecular weight excluding hydrogens is 232 g/mol. The first-order valence-corrected chi connectivity index (χ1v) is 7.16. The van der Waals surface area contributed by atoms with E-state index in [2.05, 4.69) is 21.5 Å². The van der Waals surface area contributed by atoms with Crippen LogP contribution in [-0.4, -0.2) is 35.5 Å². The van der Waals surface area contributed by atoms with Crippen molar-refractivity contribution < 1.29 is 0 Å². The molecule has 0 aliphatic carbocycles. The van der Waals surface area contributed by atoms with Crippen molar-refractivity contribution >= 4 is 22.4 Å². The monoisotopic (exact) mass is 254 g/mol. The lowest BCUT2D eigenvalue weighted by Gasteiger charge is -2.31. The summed E-state index contributed by atoms with van der Waals surface area (Å²) in [4.78, 5) is 2.52. The minimum atomic E-state index is 0.665. The van der Waals surface area contributed by atoms with Crippen LogP contribution in [0.3, 0.4) is 0 Å². The highest BCUT2D eigenvalue weighted by molar-refractivity contribution is 7.10. The molecule has 0 spiro atoms. The Balaban J connectivity index is 1.78. The third-order valence-corrected chi connectivity index (χ3v) is 4.59. The van der Waals surface area contributed by atoms with Gasteiger partial charge in [-0.1, -0.05) is 6.92 Å². The number of nitrogens with zero attached hydrogens (tertiary/aromatic N) is 2. The summed E-state index contributed by atoms with van der Waals surface area (Å²) in [5.74, 6) is 1.46. The number of nitrogens with two attached hydrogens (primary N) is 1. The summed E-state index contributed by atoms with van der Waals surface area (Å²) < 4.78 is 4.15. The van der Waals surface area contributed by atoms with Gasteiger partial charge in [-0.15, -0.1) is 0 Å². The summed E-state index contributed by atoms with van der Waals surface area (Å²) in [5.41, 5.74) is 6.84. The molecule has 2 rings (SSSR count). The maximum atomic E-state index is 5.74. The first-order valence-electron chi connectivity index (χ1n) is 6.38. The molecule has 4 nitrogen and oxygen atoms in total. The fourth-order valence-corrected chi connectivity index (χ4v) is 2.97. The summed E-state index contributed by atoms with van der Waals surface area (Å²) in [6.45, 7) is 8.99. The largest absolute Gasteiger partial charge is 0.383 e. The van der Waals surface area contributed by atoms with E-state index in [0.717, 1.165) is 23.0 Å². The Morgan fingerprint density at radius 3 is 2.71 bits per heavy atom. The number of likely N-dealkylation sites (tertiary alicyclic amines) is 1. The van der Waals surface area contributed by atoms with Crippen LogP contribution in [0.5, 0.6) is 0 Å². The quantitative estimate of drug-likeness (QED) is 0.864. The van der Waals surface area contributed by atoms with Crippen LogP contribution in [0.15, 0.2) is 0 Å². The molecular formula is C12H22N4S. The summed E-state index contributed by atoms with van der Waals surface area (Å²) >= 11 is 1.47. The molecule has 1 aliphatic heterocycles. The Hall–Kier alpha value is -0.810. The predicted octanol–water partition coefficient (Wildman–Crippen LogP) is 2.18. The molecule has 17 heavy (non-hydrogen) atoms. The summed E-state index contributed by atoms with van der Waals surface area (Å²) in [6, 6.07) is 0. The van der Waals surface area contributed by atoms with Crippen LogP contribution in [-0.2, 0) is 0 Å². The van der Waals surface area contributed by atoms with E-state index in [4.69, 9.17) is 5.73 Å². The molecule has 1 fully saturated rings. The first-order chi connectivity index (χ1) is 8.20. The minimum absolute atomic E-state index is 0.665. The fraction of sp³-hybridized carbons (Fsp3) is 0.750. The molecule has 2 heterocycles. The molecule has 0 aromatic carbocycles. The van der Waals surface area contributed by atoms with Gasteiger partial charge in [0.2, 0.25) is 0 Å². The van der Waals surface area contributed by atoms with E-state index >= 15 is 0 Å². The molecule has 1 aliphatic rings. The third kappa shape index (κ3) is 3.10. The van der Waals surface area contributed by atoms with Crippen LogP contribution >= 0.6 is 11.5 Å². The number of rotatable bonds is 4. The number of nitrogen functional groups attached to an aromatic ring is 1. The maximum Gasteiger partial charge on any atom is 0.142 e. The standard InChI is InChI=1S/C12H22N4S/c1-3-16-6-4-10(5-7-16)8-14-12-9(2)11(13)15-17-12/h10,14H,3-8H2,1-2H3,(H2,13,15). The van der Waals surface area contributed by atoms with Gasteiger partial charge in [0.05, 0.1) is 0 Å². The molecule has 0 radical (unpaired) electrons. The molecule has 0 bridgehead atoms. The van der Waals surface area contributed by atoms with E-state index in [1.54, 1.807) is 0 Å². The molecule has 1 aromatic heterocycles. The lowest BCUT2D eigenvalue weighted by Crippen LogP contribution is -2.35. The van der Waals surface area contributed by atoms with Gasteiger partial charge in [0.25, 0.3) is 0 Å². The topological polar surface area (TPSA) is 54.2 Å². The Morgan fingerprint density at radius 1 is 1.47 bits per heavy atom. The van der Waals surface area contributed by atoms with Gasteiger partial charge >= 0.3 is 0 Å². The van der Waals surface area contributed by atoms with Crippen molar-refractivity contribution in [2.75, 3.05) is 37.2 Å². The zero-order valence-corrected chi connectivity index (χ0v) is 11.5. The average molecular weight is 254 g/mol. The Morgan fingerprint density at radius 2 is 2.18 bits per heavy atom. The van der Waals surface area contributed by atoms with Gasteiger partial charge in [-0.05, 0) is 56.9 Å². The van der Waals surface area contributed by atoms with Gasteiger partial charge in [-0.25, -0.2) is 0 Å².